The van der Waals surface area contributed by atoms with Crippen molar-refractivity contribution in [2.24, 2.45) is 0 Å². The number of ether oxygens (including phenoxy) is 1. The van der Waals surface area contributed by atoms with Crippen LogP contribution >= 0.6 is 11.8 Å². The monoisotopic (exact) mass is 269 g/mol. The lowest BCUT2D eigenvalue weighted by atomic mass is 10.1. The summed E-state index contributed by atoms with van der Waals surface area (Å²) in [4.78, 5) is 22.4. The second-order valence-corrected chi connectivity index (χ2v) is 4.75. The van der Waals surface area contributed by atoms with Gasteiger partial charge in [-0.3, -0.25) is 14.9 Å². The van der Waals surface area contributed by atoms with E-state index in [0.29, 0.717) is 6.61 Å². The van der Waals surface area contributed by atoms with Gasteiger partial charge in [-0.25, -0.2) is 0 Å². The summed E-state index contributed by atoms with van der Waals surface area (Å²) in [7, 11) is 0. The standard InChI is InChI=1S/C12H15NO4S/c1-4-17-11(14)7-18-12-8(2)5-10(13(15)16)6-9(12)3/h5-6H,4,7H2,1-3H3. The Morgan fingerprint density at radius 1 is 1.39 bits per heavy atom. The average molecular weight is 269 g/mol. The number of benzene rings is 1. The molecule has 98 valence electrons. The summed E-state index contributed by atoms with van der Waals surface area (Å²) in [6, 6.07) is 3.03. The first-order valence-electron chi connectivity index (χ1n) is 5.49. The smallest absolute Gasteiger partial charge is 0.316 e. The van der Waals surface area contributed by atoms with Gasteiger partial charge in [0.15, 0.2) is 0 Å². The van der Waals surface area contributed by atoms with E-state index in [0.717, 1.165) is 16.0 Å². The van der Waals surface area contributed by atoms with Gasteiger partial charge >= 0.3 is 5.97 Å². The third-order valence-electron chi connectivity index (χ3n) is 2.30. The molecule has 0 amide bonds. The lowest BCUT2D eigenvalue weighted by Crippen LogP contribution is -2.07. The summed E-state index contributed by atoms with van der Waals surface area (Å²) < 4.78 is 4.84. The lowest BCUT2D eigenvalue weighted by Gasteiger charge is -2.08. The molecule has 5 nitrogen and oxygen atoms in total. The van der Waals surface area contributed by atoms with Crippen LogP contribution in [0.1, 0.15) is 18.1 Å². The van der Waals surface area contributed by atoms with Gasteiger partial charge in [-0.2, -0.15) is 0 Å². The Kier molecular flexibility index (Phi) is 5.15. The molecule has 6 heteroatoms. The maximum atomic E-state index is 11.3. The van der Waals surface area contributed by atoms with Crippen molar-refractivity contribution in [2.75, 3.05) is 12.4 Å². The molecule has 18 heavy (non-hydrogen) atoms. The number of nitrogens with zero attached hydrogens (tertiary/aromatic N) is 1. The number of non-ortho nitro benzene ring substituents is 1. The number of esters is 1. The van der Waals surface area contributed by atoms with E-state index in [2.05, 4.69) is 0 Å². The molecule has 0 N–H and O–H groups in total. The topological polar surface area (TPSA) is 69.4 Å². The molecule has 0 unspecified atom stereocenters. The van der Waals surface area contributed by atoms with Gasteiger partial charge in [0.05, 0.1) is 17.3 Å². The van der Waals surface area contributed by atoms with Gasteiger partial charge < -0.3 is 4.74 Å². The zero-order valence-electron chi connectivity index (χ0n) is 10.6. The van der Waals surface area contributed by atoms with Crippen molar-refractivity contribution in [2.45, 2.75) is 25.7 Å². The second kappa shape index (κ2) is 6.39. The van der Waals surface area contributed by atoms with Crippen LogP contribution in [0.25, 0.3) is 0 Å². The predicted octanol–water partition coefficient (Wildman–Crippen LogP) is 2.87. The van der Waals surface area contributed by atoms with Gasteiger partial charge in [-0.05, 0) is 31.9 Å². The van der Waals surface area contributed by atoms with Crippen molar-refractivity contribution in [3.63, 3.8) is 0 Å². The molecule has 1 rings (SSSR count). The zero-order chi connectivity index (χ0) is 13.7. The Bertz CT molecular complexity index is 450. The molecule has 0 saturated heterocycles. The summed E-state index contributed by atoms with van der Waals surface area (Å²) in [5.41, 5.74) is 1.68. The Labute approximate surface area is 110 Å². The molecule has 0 bridgehead atoms. The van der Waals surface area contributed by atoms with Crippen LogP contribution in [0.2, 0.25) is 0 Å². The normalized spacial score (nSPS) is 10.2. The van der Waals surface area contributed by atoms with Crippen LogP contribution in [-0.4, -0.2) is 23.3 Å². The summed E-state index contributed by atoms with van der Waals surface area (Å²) >= 11 is 1.34. The van der Waals surface area contributed by atoms with Crippen LogP contribution in [0, 0.1) is 24.0 Å². The lowest BCUT2D eigenvalue weighted by molar-refractivity contribution is -0.385. The first kappa shape index (κ1) is 14.5. The van der Waals surface area contributed by atoms with Crippen molar-refractivity contribution >= 4 is 23.4 Å². The fourth-order valence-corrected chi connectivity index (χ4v) is 2.51. The largest absolute Gasteiger partial charge is 0.465 e. The number of nitro benzene ring substituents is 1. The number of hydrogen-bond acceptors (Lipinski definition) is 5. The highest BCUT2D eigenvalue weighted by Crippen LogP contribution is 2.30. The van der Waals surface area contributed by atoms with Gasteiger partial charge in [-0.1, -0.05) is 0 Å². The number of carbonyl (C=O) groups excluding carboxylic acids is 1. The predicted molar refractivity (Wildman–Crippen MR) is 69.9 cm³/mol. The van der Waals surface area contributed by atoms with Gasteiger partial charge in [0.2, 0.25) is 0 Å². The highest BCUT2D eigenvalue weighted by atomic mass is 32.2. The fourth-order valence-electron chi connectivity index (χ4n) is 1.59. The van der Waals surface area contributed by atoms with E-state index in [4.69, 9.17) is 4.74 Å². The number of hydrogen-bond donors (Lipinski definition) is 0. The maximum Gasteiger partial charge on any atom is 0.316 e. The first-order valence-corrected chi connectivity index (χ1v) is 6.48. The molecule has 1 aromatic carbocycles. The minimum absolute atomic E-state index is 0.0745. The molecule has 0 aromatic heterocycles. The molecule has 0 atom stereocenters. The molecular weight excluding hydrogens is 254 g/mol. The van der Waals surface area contributed by atoms with Crippen molar-refractivity contribution < 1.29 is 14.5 Å². The van der Waals surface area contributed by atoms with Crippen molar-refractivity contribution in [1.29, 1.82) is 0 Å². The Hall–Kier alpha value is -1.56. The van der Waals surface area contributed by atoms with Crippen molar-refractivity contribution in [3.8, 4) is 0 Å². The molecular formula is C12H15NO4S. The van der Waals surface area contributed by atoms with E-state index in [1.165, 1.54) is 23.9 Å². The van der Waals surface area contributed by atoms with E-state index in [1.807, 2.05) is 0 Å². The van der Waals surface area contributed by atoms with Crippen LogP contribution in [0.15, 0.2) is 17.0 Å². The third-order valence-corrected chi connectivity index (χ3v) is 3.61. The van der Waals surface area contributed by atoms with Crippen molar-refractivity contribution in [3.05, 3.63) is 33.4 Å². The third kappa shape index (κ3) is 3.73. The summed E-state index contributed by atoms with van der Waals surface area (Å²) in [6.45, 7) is 5.71. The molecule has 0 aliphatic carbocycles. The zero-order valence-corrected chi connectivity index (χ0v) is 11.4. The van der Waals surface area contributed by atoms with Gasteiger partial charge in [-0.15, -0.1) is 11.8 Å². The highest BCUT2D eigenvalue weighted by molar-refractivity contribution is 8.00. The van der Waals surface area contributed by atoms with Crippen LogP contribution in [0.4, 0.5) is 5.69 Å². The number of aryl methyl sites for hydroxylation is 2. The number of nitro groups is 1. The molecule has 1 aromatic rings. The molecule has 0 radical (unpaired) electrons. The molecule has 0 fully saturated rings. The minimum Gasteiger partial charge on any atom is -0.465 e. The van der Waals surface area contributed by atoms with Crippen LogP contribution in [0.5, 0.6) is 0 Å². The summed E-state index contributed by atoms with van der Waals surface area (Å²) in [6.07, 6.45) is 0. The summed E-state index contributed by atoms with van der Waals surface area (Å²) in [5, 5.41) is 10.7. The second-order valence-electron chi connectivity index (χ2n) is 3.76. The first-order chi connectivity index (χ1) is 8.45. The molecule has 0 spiro atoms. The van der Waals surface area contributed by atoms with E-state index in [9.17, 15) is 14.9 Å². The van der Waals surface area contributed by atoms with Gasteiger partial charge in [0.25, 0.3) is 5.69 Å². The van der Waals surface area contributed by atoms with E-state index in [1.54, 1.807) is 20.8 Å². The molecule has 0 aliphatic rings. The number of thioether (sulfide) groups is 1. The SMILES string of the molecule is CCOC(=O)CSc1c(C)cc([N+](=O)[O-])cc1C. The van der Waals surface area contributed by atoms with Gasteiger partial charge in [0, 0.05) is 17.0 Å². The fraction of sp³-hybridized carbons (Fsp3) is 0.417. The average Bonchev–Trinajstić information content (AvgIpc) is 2.27. The molecule has 0 aliphatic heterocycles. The van der Waals surface area contributed by atoms with E-state index in [-0.39, 0.29) is 17.4 Å². The Balaban J connectivity index is 2.84. The molecule has 0 saturated carbocycles. The van der Waals surface area contributed by atoms with Crippen molar-refractivity contribution in [1.82, 2.24) is 0 Å². The molecule has 0 heterocycles. The Morgan fingerprint density at radius 3 is 2.39 bits per heavy atom. The maximum absolute atomic E-state index is 11.3. The number of rotatable bonds is 5. The van der Waals surface area contributed by atoms with Crippen LogP contribution < -0.4 is 0 Å². The van der Waals surface area contributed by atoms with Crippen LogP contribution in [0.3, 0.4) is 0 Å². The van der Waals surface area contributed by atoms with Crippen LogP contribution in [-0.2, 0) is 9.53 Å². The van der Waals surface area contributed by atoms with Gasteiger partial charge in [0.1, 0.15) is 0 Å². The highest BCUT2D eigenvalue weighted by Gasteiger charge is 2.13. The quantitative estimate of drug-likeness (QED) is 0.356. The number of carbonyl (C=O) groups is 1. The van der Waals surface area contributed by atoms with E-state index >= 15 is 0 Å². The Morgan fingerprint density at radius 2 is 1.94 bits per heavy atom. The van der Waals surface area contributed by atoms with E-state index < -0.39 is 4.92 Å². The minimum atomic E-state index is -0.417. The summed E-state index contributed by atoms with van der Waals surface area (Å²) in [5.74, 6) is -0.0625.